The third-order valence-corrected chi connectivity index (χ3v) is 3.18. The molecule has 1 saturated heterocycles. The molecule has 92 valence electrons. The zero-order chi connectivity index (χ0) is 12.3. The monoisotopic (exact) mass is 236 g/mol. The highest BCUT2D eigenvalue weighted by atomic mass is 19.1. The van der Waals surface area contributed by atoms with Crippen LogP contribution in [0.2, 0.25) is 0 Å². The highest BCUT2D eigenvalue weighted by Crippen LogP contribution is 2.19. The number of nitrogens with one attached hydrogen (secondary N) is 2. The van der Waals surface area contributed by atoms with Crippen LogP contribution < -0.4 is 10.6 Å². The maximum absolute atomic E-state index is 13.3. The van der Waals surface area contributed by atoms with Crippen LogP contribution in [0.25, 0.3) is 0 Å². The number of hydrogen-bond donors (Lipinski definition) is 2. The molecule has 17 heavy (non-hydrogen) atoms. The summed E-state index contributed by atoms with van der Waals surface area (Å²) in [5.41, 5.74) is 1.06. The average Bonchev–Trinajstić information content (AvgIpc) is 2.77. The van der Waals surface area contributed by atoms with E-state index < -0.39 is 0 Å². The van der Waals surface area contributed by atoms with Crippen molar-refractivity contribution in [2.45, 2.75) is 19.8 Å². The van der Waals surface area contributed by atoms with Crippen LogP contribution in [-0.4, -0.2) is 19.0 Å². The van der Waals surface area contributed by atoms with E-state index in [1.807, 2.05) is 0 Å². The minimum Gasteiger partial charge on any atom is -0.326 e. The van der Waals surface area contributed by atoms with E-state index in [9.17, 15) is 9.18 Å². The van der Waals surface area contributed by atoms with Gasteiger partial charge in [0.25, 0.3) is 0 Å². The van der Waals surface area contributed by atoms with Crippen molar-refractivity contribution in [1.82, 2.24) is 5.32 Å². The fourth-order valence-corrected chi connectivity index (χ4v) is 2.09. The van der Waals surface area contributed by atoms with Gasteiger partial charge in [-0.1, -0.05) is 6.07 Å². The lowest BCUT2D eigenvalue weighted by molar-refractivity contribution is -0.116. The number of carbonyl (C=O) groups is 1. The number of halogens is 1. The fourth-order valence-electron chi connectivity index (χ4n) is 2.09. The van der Waals surface area contributed by atoms with Crippen molar-refractivity contribution in [3.05, 3.63) is 29.6 Å². The first-order valence-electron chi connectivity index (χ1n) is 5.92. The minimum atomic E-state index is -0.287. The van der Waals surface area contributed by atoms with Crippen molar-refractivity contribution >= 4 is 11.6 Å². The molecule has 0 spiro atoms. The van der Waals surface area contributed by atoms with E-state index in [1.54, 1.807) is 19.1 Å². The molecule has 1 aromatic carbocycles. The maximum Gasteiger partial charge on any atom is 0.224 e. The topological polar surface area (TPSA) is 41.1 Å². The van der Waals surface area contributed by atoms with Gasteiger partial charge in [0.15, 0.2) is 0 Å². The van der Waals surface area contributed by atoms with Crippen LogP contribution in [-0.2, 0) is 4.79 Å². The van der Waals surface area contributed by atoms with Gasteiger partial charge in [-0.2, -0.15) is 0 Å². The number of anilines is 1. The van der Waals surface area contributed by atoms with Gasteiger partial charge in [0, 0.05) is 17.7 Å². The Morgan fingerprint density at radius 3 is 3.12 bits per heavy atom. The molecule has 1 unspecified atom stereocenters. The van der Waals surface area contributed by atoms with Gasteiger partial charge in [-0.25, -0.2) is 4.39 Å². The molecule has 1 amide bonds. The van der Waals surface area contributed by atoms with Gasteiger partial charge in [-0.3, -0.25) is 4.79 Å². The summed E-state index contributed by atoms with van der Waals surface area (Å²) >= 11 is 0. The number of rotatable bonds is 3. The second kappa shape index (κ2) is 5.27. The first-order valence-corrected chi connectivity index (χ1v) is 5.92. The van der Waals surface area contributed by atoms with Crippen LogP contribution in [0.3, 0.4) is 0 Å². The Kier molecular flexibility index (Phi) is 3.74. The van der Waals surface area contributed by atoms with Crippen molar-refractivity contribution in [3.8, 4) is 0 Å². The molecule has 1 aliphatic heterocycles. The largest absolute Gasteiger partial charge is 0.326 e. The van der Waals surface area contributed by atoms with Crippen LogP contribution in [0.4, 0.5) is 10.1 Å². The molecule has 0 aliphatic carbocycles. The minimum absolute atomic E-state index is 0.0348. The molecule has 0 bridgehead atoms. The van der Waals surface area contributed by atoms with Gasteiger partial charge >= 0.3 is 0 Å². The summed E-state index contributed by atoms with van der Waals surface area (Å²) in [4.78, 5) is 11.8. The first kappa shape index (κ1) is 12.0. The molecule has 1 atom stereocenters. The van der Waals surface area contributed by atoms with E-state index in [1.165, 1.54) is 6.07 Å². The molecule has 3 nitrogen and oxygen atoms in total. The fraction of sp³-hybridized carbons (Fsp3) is 0.462. The standard InChI is InChI=1S/C13H17FN2O/c1-9-11(14)3-2-4-12(9)16-13(17)7-10-5-6-15-8-10/h2-4,10,15H,5-8H2,1H3,(H,16,17). The van der Waals surface area contributed by atoms with E-state index in [2.05, 4.69) is 10.6 Å². The van der Waals surface area contributed by atoms with Crippen LogP contribution in [0, 0.1) is 18.7 Å². The third-order valence-electron chi connectivity index (χ3n) is 3.18. The van der Waals surface area contributed by atoms with Crippen molar-refractivity contribution < 1.29 is 9.18 Å². The molecular formula is C13H17FN2O. The molecule has 1 aromatic rings. The maximum atomic E-state index is 13.3. The Bertz CT molecular complexity index is 414. The van der Waals surface area contributed by atoms with E-state index in [-0.39, 0.29) is 11.7 Å². The van der Waals surface area contributed by atoms with Gasteiger partial charge in [-0.05, 0) is 44.5 Å². The highest BCUT2D eigenvalue weighted by Gasteiger charge is 2.18. The quantitative estimate of drug-likeness (QED) is 0.843. The molecule has 0 radical (unpaired) electrons. The first-order chi connectivity index (χ1) is 8.16. The zero-order valence-electron chi connectivity index (χ0n) is 9.92. The summed E-state index contributed by atoms with van der Waals surface area (Å²) in [7, 11) is 0. The molecule has 1 aliphatic rings. The van der Waals surface area contributed by atoms with Gasteiger partial charge in [0.2, 0.25) is 5.91 Å². The summed E-state index contributed by atoms with van der Waals surface area (Å²) < 4.78 is 13.3. The van der Waals surface area contributed by atoms with Crippen molar-refractivity contribution in [1.29, 1.82) is 0 Å². The van der Waals surface area contributed by atoms with E-state index in [4.69, 9.17) is 0 Å². The van der Waals surface area contributed by atoms with Crippen molar-refractivity contribution in [3.63, 3.8) is 0 Å². The van der Waals surface area contributed by atoms with Crippen LogP contribution >= 0.6 is 0 Å². The lowest BCUT2D eigenvalue weighted by Crippen LogP contribution is -2.18. The lowest BCUT2D eigenvalue weighted by atomic mass is 10.0. The molecular weight excluding hydrogens is 219 g/mol. The average molecular weight is 236 g/mol. The Morgan fingerprint density at radius 1 is 1.59 bits per heavy atom. The van der Waals surface area contributed by atoms with E-state index >= 15 is 0 Å². The van der Waals surface area contributed by atoms with Gasteiger partial charge in [-0.15, -0.1) is 0 Å². The predicted octanol–water partition coefficient (Wildman–Crippen LogP) is 2.07. The molecule has 0 saturated carbocycles. The Balaban J connectivity index is 1.95. The van der Waals surface area contributed by atoms with Gasteiger partial charge in [0.1, 0.15) is 5.82 Å². The molecule has 4 heteroatoms. The summed E-state index contributed by atoms with van der Waals surface area (Å²) in [6, 6.07) is 4.73. The molecule has 1 heterocycles. The summed E-state index contributed by atoms with van der Waals surface area (Å²) in [6.07, 6.45) is 1.54. The van der Waals surface area contributed by atoms with E-state index in [0.29, 0.717) is 23.6 Å². The molecule has 0 aromatic heterocycles. The van der Waals surface area contributed by atoms with Gasteiger partial charge < -0.3 is 10.6 Å². The smallest absolute Gasteiger partial charge is 0.224 e. The molecule has 1 fully saturated rings. The normalized spacial score (nSPS) is 19.3. The predicted molar refractivity (Wildman–Crippen MR) is 65.4 cm³/mol. The second-order valence-electron chi connectivity index (χ2n) is 4.52. The van der Waals surface area contributed by atoms with Crippen molar-refractivity contribution in [2.24, 2.45) is 5.92 Å². The number of carbonyl (C=O) groups excluding carboxylic acids is 1. The van der Waals surface area contributed by atoms with Gasteiger partial charge in [0.05, 0.1) is 0 Å². The van der Waals surface area contributed by atoms with E-state index in [0.717, 1.165) is 19.5 Å². The number of benzene rings is 1. The lowest BCUT2D eigenvalue weighted by Gasteiger charge is -2.11. The Hall–Kier alpha value is -1.42. The molecule has 2 N–H and O–H groups in total. The van der Waals surface area contributed by atoms with Crippen LogP contribution in [0.1, 0.15) is 18.4 Å². The Labute approximate surface area is 100 Å². The zero-order valence-corrected chi connectivity index (χ0v) is 9.92. The molecule has 2 rings (SSSR count). The number of amides is 1. The van der Waals surface area contributed by atoms with Crippen LogP contribution in [0.15, 0.2) is 18.2 Å². The van der Waals surface area contributed by atoms with Crippen LogP contribution in [0.5, 0.6) is 0 Å². The Morgan fingerprint density at radius 2 is 2.41 bits per heavy atom. The highest BCUT2D eigenvalue weighted by molar-refractivity contribution is 5.91. The summed E-state index contributed by atoms with van der Waals surface area (Å²) in [5.74, 6) is 0.0848. The summed E-state index contributed by atoms with van der Waals surface area (Å²) in [5, 5.41) is 5.99. The number of hydrogen-bond acceptors (Lipinski definition) is 2. The second-order valence-corrected chi connectivity index (χ2v) is 4.52. The SMILES string of the molecule is Cc1c(F)cccc1NC(=O)CC1CCNC1. The summed E-state index contributed by atoms with van der Waals surface area (Å²) in [6.45, 7) is 3.55. The van der Waals surface area contributed by atoms with Crippen molar-refractivity contribution in [2.75, 3.05) is 18.4 Å². The third kappa shape index (κ3) is 3.03.